The second-order valence-electron chi connectivity index (χ2n) is 5.90. The van der Waals surface area contributed by atoms with E-state index < -0.39 is 0 Å². The van der Waals surface area contributed by atoms with Gasteiger partial charge in [-0.15, -0.1) is 12.4 Å². The molecule has 19 heavy (non-hydrogen) atoms. The van der Waals surface area contributed by atoms with E-state index in [1.54, 1.807) is 0 Å². The molecule has 0 bridgehead atoms. The molecule has 1 saturated carbocycles. The molecule has 4 heteroatoms. The summed E-state index contributed by atoms with van der Waals surface area (Å²) >= 11 is 0. The van der Waals surface area contributed by atoms with E-state index in [1.807, 2.05) is 7.05 Å². The van der Waals surface area contributed by atoms with Gasteiger partial charge in [0.2, 0.25) is 5.91 Å². The van der Waals surface area contributed by atoms with Crippen LogP contribution in [0.5, 0.6) is 0 Å². The molecular formula is C15H29ClN2O. The maximum absolute atomic E-state index is 12.3. The monoisotopic (exact) mass is 288 g/mol. The van der Waals surface area contributed by atoms with Gasteiger partial charge in [0.1, 0.15) is 0 Å². The van der Waals surface area contributed by atoms with Gasteiger partial charge in [-0.25, -0.2) is 0 Å². The summed E-state index contributed by atoms with van der Waals surface area (Å²) < 4.78 is 0. The molecule has 0 spiro atoms. The van der Waals surface area contributed by atoms with Gasteiger partial charge in [0.25, 0.3) is 0 Å². The van der Waals surface area contributed by atoms with Gasteiger partial charge in [-0.05, 0) is 51.6 Å². The topological polar surface area (TPSA) is 32.3 Å². The summed E-state index contributed by atoms with van der Waals surface area (Å²) in [5, 5.41) is 3.12. The van der Waals surface area contributed by atoms with Crippen molar-refractivity contribution in [1.29, 1.82) is 0 Å². The third kappa shape index (κ3) is 4.64. The van der Waals surface area contributed by atoms with Crippen molar-refractivity contribution in [2.24, 2.45) is 5.92 Å². The molecule has 0 aromatic rings. The van der Waals surface area contributed by atoms with Crippen LogP contribution in [0, 0.1) is 5.92 Å². The van der Waals surface area contributed by atoms with E-state index in [9.17, 15) is 4.79 Å². The van der Waals surface area contributed by atoms with Crippen LogP contribution >= 0.6 is 12.4 Å². The Morgan fingerprint density at radius 2 is 1.89 bits per heavy atom. The third-order valence-electron chi connectivity index (χ3n) is 4.63. The number of carbonyl (C=O) groups is 1. The second kappa shape index (κ2) is 8.80. The Kier molecular flexibility index (Phi) is 7.77. The molecule has 3 nitrogen and oxygen atoms in total. The maximum Gasteiger partial charge on any atom is 0.222 e. The van der Waals surface area contributed by atoms with Crippen molar-refractivity contribution >= 4 is 18.3 Å². The van der Waals surface area contributed by atoms with Crippen LogP contribution in [-0.2, 0) is 4.79 Å². The fourth-order valence-electron chi connectivity index (χ4n) is 3.67. The summed E-state index contributed by atoms with van der Waals surface area (Å²) in [7, 11) is 1.95. The van der Waals surface area contributed by atoms with Crippen molar-refractivity contribution in [3.05, 3.63) is 0 Å². The predicted octanol–water partition coefficient (Wildman–Crippen LogP) is 2.98. The SMILES string of the molecule is CNCCCC(=O)N1CCCC1C1CCCCC1.Cl. The lowest BCUT2D eigenvalue weighted by molar-refractivity contribution is -0.133. The summed E-state index contributed by atoms with van der Waals surface area (Å²) in [6.45, 7) is 1.97. The smallest absolute Gasteiger partial charge is 0.222 e. The molecule has 1 saturated heterocycles. The van der Waals surface area contributed by atoms with E-state index in [0.717, 1.165) is 31.8 Å². The van der Waals surface area contributed by atoms with Crippen molar-refractivity contribution in [3.8, 4) is 0 Å². The minimum atomic E-state index is 0. The highest BCUT2D eigenvalue weighted by Gasteiger charge is 2.34. The van der Waals surface area contributed by atoms with Gasteiger partial charge in [-0.3, -0.25) is 4.79 Å². The Labute approximate surface area is 123 Å². The quantitative estimate of drug-likeness (QED) is 0.789. The average molecular weight is 289 g/mol. The molecule has 2 fully saturated rings. The molecule has 1 aliphatic heterocycles. The number of carbonyl (C=O) groups excluding carboxylic acids is 1. The average Bonchev–Trinajstić information content (AvgIpc) is 2.89. The first kappa shape index (κ1) is 16.8. The highest BCUT2D eigenvalue weighted by Crippen LogP contribution is 2.34. The van der Waals surface area contributed by atoms with E-state index in [4.69, 9.17) is 0 Å². The van der Waals surface area contributed by atoms with Crippen LogP contribution in [0.15, 0.2) is 0 Å². The Morgan fingerprint density at radius 3 is 2.58 bits per heavy atom. The molecule has 1 unspecified atom stereocenters. The fourth-order valence-corrected chi connectivity index (χ4v) is 3.67. The van der Waals surface area contributed by atoms with Crippen LogP contribution in [0.2, 0.25) is 0 Å². The largest absolute Gasteiger partial charge is 0.339 e. The third-order valence-corrected chi connectivity index (χ3v) is 4.63. The van der Waals surface area contributed by atoms with Crippen molar-refractivity contribution in [3.63, 3.8) is 0 Å². The van der Waals surface area contributed by atoms with Gasteiger partial charge in [-0.2, -0.15) is 0 Å². The Balaban J connectivity index is 0.00000180. The van der Waals surface area contributed by atoms with E-state index in [0.29, 0.717) is 11.9 Å². The molecule has 2 rings (SSSR count). The summed E-state index contributed by atoms with van der Waals surface area (Å²) in [6.07, 6.45) is 11.0. The maximum atomic E-state index is 12.3. The van der Waals surface area contributed by atoms with Crippen molar-refractivity contribution in [2.75, 3.05) is 20.1 Å². The fraction of sp³-hybridized carbons (Fsp3) is 0.933. The molecular weight excluding hydrogens is 260 g/mol. The lowest BCUT2D eigenvalue weighted by Gasteiger charge is -2.34. The summed E-state index contributed by atoms with van der Waals surface area (Å²) in [5.41, 5.74) is 0. The minimum absolute atomic E-state index is 0. The summed E-state index contributed by atoms with van der Waals surface area (Å²) in [6, 6.07) is 0.576. The number of halogens is 1. The van der Waals surface area contributed by atoms with Gasteiger partial charge in [0.05, 0.1) is 0 Å². The lowest BCUT2D eigenvalue weighted by Crippen LogP contribution is -2.40. The molecule has 2 aliphatic rings. The number of amides is 1. The molecule has 0 aromatic carbocycles. The standard InChI is InChI=1S/C15H28N2O.ClH/c1-16-11-5-10-15(18)17-12-6-9-14(17)13-7-3-2-4-8-13;/h13-14,16H,2-12H2,1H3;1H. The number of likely N-dealkylation sites (tertiary alicyclic amines) is 1. The first-order valence-corrected chi connectivity index (χ1v) is 7.77. The first-order valence-electron chi connectivity index (χ1n) is 7.77. The van der Waals surface area contributed by atoms with Crippen molar-refractivity contribution < 1.29 is 4.79 Å². The number of nitrogens with one attached hydrogen (secondary N) is 1. The van der Waals surface area contributed by atoms with Crippen molar-refractivity contribution in [2.45, 2.75) is 63.8 Å². The molecule has 1 amide bonds. The first-order chi connectivity index (χ1) is 8.83. The van der Waals surface area contributed by atoms with E-state index >= 15 is 0 Å². The van der Waals surface area contributed by atoms with Gasteiger partial charge in [-0.1, -0.05) is 19.3 Å². The zero-order valence-electron chi connectivity index (χ0n) is 12.2. The Bertz CT molecular complexity index is 267. The molecule has 1 atom stereocenters. The number of hydrogen-bond acceptors (Lipinski definition) is 2. The van der Waals surface area contributed by atoms with E-state index in [1.165, 1.54) is 44.9 Å². The van der Waals surface area contributed by atoms with E-state index in [2.05, 4.69) is 10.2 Å². The normalized spacial score (nSPS) is 24.3. The van der Waals surface area contributed by atoms with Crippen molar-refractivity contribution in [1.82, 2.24) is 10.2 Å². The van der Waals surface area contributed by atoms with Gasteiger partial charge < -0.3 is 10.2 Å². The predicted molar refractivity (Wildman–Crippen MR) is 81.7 cm³/mol. The summed E-state index contributed by atoms with van der Waals surface area (Å²) in [4.78, 5) is 14.5. The molecule has 112 valence electrons. The highest BCUT2D eigenvalue weighted by atomic mass is 35.5. The Morgan fingerprint density at radius 1 is 1.16 bits per heavy atom. The zero-order chi connectivity index (χ0) is 12.8. The highest BCUT2D eigenvalue weighted by molar-refractivity contribution is 5.85. The Hall–Kier alpha value is -0.280. The molecule has 0 aromatic heterocycles. The van der Waals surface area contributed by atoms with Gasteiger partial charge in [0, 0.05) is 19.0 Å². The van der Waals surface area contributed by atoms with Crippen LogP contribution in [0.25, 0.3) is 0 Å². The molecule has 1 N–H and O–H groups in total. The van der Waals surface area contributed by atoms with Gasteiger partial charge >= 0.3 is 0 Å². The van der Waals surface area contributed by atoms with Crippen LogP contribution < -0.4 is 5.32 Å². The molecule has 1 aliphatic carbocycles. The van der Waals surface area contributed by atoms with Crippen LogP contribution in [0.3, 0.4) is 0 Å². The number of nitrogens with zero attached hydrogens (tertiary/aromatic N) is 1. The van der Waals surface area contributed by atoms with Crippen LogP contribution in [-0.4, -0.2) is 37.0 Å². The van der Waals surface area contributed by atoms with E-state index in [-0.39, 0.29) is 12.4 Å². The molecule has 1 heterocycles. The number of hydrogen-bond donors (Lipinski definition) is 1. The van der Waals surface area contributed by atoms with Crippen LogP contribution in [0.4, 0.5) is 0 Å². The lowest BCUT2D eigenvalue weighted by atomic mass is 9.83. The minimum Gasteiger partial charge on any atom is -0.339 e. The van der Waals surface area contributed by atoms with Gasteiger partial charge in [0.15, 0.2) is 0 Å². The van der Waals surface area contributed by atoms with Crippen LogP contribution in [0.1, 0.15) is 57.8 Å². The summed E-state index contributed by atoms with van der Waals surface area (Å²) in [5.74, 6) is 1.20. The molecule has 0 radical (unpaired) electrons. The second-order valence-corrected chi connectivity index (χ2v) is 5.90. The number of rotatable bonds is 5. The zero-order valence-corrected chi connectivity index (χ0v) is 13.0.